The van der Waals surface area contributed by atoms with Gasteiger partial charge in [0.25, 0.3) is 0 Å². The molecule has 6 N–H and O–H groups in total. The van der Waals surface area contributed by atoms with Gasteiger partial charge in [0.05, 0.1) is 18.8 Å². The van der Waals surface area contributed by atoms with E-state index >= 15 is 0 Å². The molecule has 0 aromatic heterocycles. The Morgan fingerprint density at radius 1 is 0.965 bits per heavy atom. The Balaban J connectivity index is 1.49. The molecular formula is C42H62IN5O9. The van der Waals surface area contributed by atoms with Crippen molar-refractivity contribution in [2.75, 3.05) is 36.2 Å². The third kappa shape index (κ3) is 13.5. The fourth-order valence-corrected chi connectivity index (χ4v) is 8.85. The molecule has 0 radical (unpaired) electrons. The Morgan fingerprint density at radius 3 is 2.33 bits per heavy atom. The van der Waals surface area contributed by atoms with Gasteiger partial charge in [-0.25, -0.2) is 0 Å². The Morgan fingerprint density at radius 2 is 1.65 bits per heavy atom. The molecule has 0 aliphatic carbocycles. The van der Waals surface area contributed by atoms with E-state index in [4.69, 9.17) is 9.47 Å². The van der Waals surface area contributed by atoms with Crippen LogP contribution < -0.4 is 26.0 Å². The summed E-state index contributed by atoms with van der Waals surface area (Å²) < 4.78 is 12.2. The Bertz CT molecular complexity index is 1660. The van der Waals surface area contributed by atoms with Crippen LogP contribution in [-0.2, 0) is 35.1 Å². The van der Waals surface area contributed by atoms with E-state index in [0.717, 1.165) is 12.0 Å². The third-order valence-corrected chi connectivity index (χ3v) is 13.0. The first-order valence-corrected chi connectivity index (χ1v) is 25.2. The van der Waals surface area contributed by atoms with Gasteiger partial charge in [-0.1, -0.05) is 45.9 Å². The van der Waals surface area contributed by atoms with Crippen molar-refractivity contribution >= 4 is 47.1 Å². The summed E-state index contributed by atoms with van der Waals surface area (Å²) in [5.74, 6) is -2.43. The van der Waals surface area contributed by atoms with Crippen molar-refractivity contribution in [3.05, 3.63) is 65.7 Å². The van der Waals surface area contributed by atoms with Gasteiger partial charge in [0.2, 0.25) is 0 Å². The van der Waals surface area contributed by atoms with E-state index in [1.54, 1.807) is 29.2 Å². The molecule has 2 aliphatic heterocycles. The predicted octanol–water partition coefficient (Wildman–Crippen LogP) is 3.01. The SMILES string of the molecule is CCCCC(NC(=O)[C@@H]1C[C@@H]2CN1C(O)C(C(C)(C)C)NC(O)Cc1ccccc1OCCCCO2)C(=O)C(=O)NCC(=O)N[C@H](C(=O)I(C)C)c1ccccc1. The normalized spacial score (nSPS) is 24.5. The van der Waals surface area contributed by atoms with Gasteiger partial charge >= 0.3 is 177 Å². The number of ketones is 1. The molecule has 14 nitrogen and oxygen atoms in total. The molecule has 316 valence electrons. The number of para-hydroxylation sites is 1. The quantitative estimate of drug-likeness (QED) is 0.0749. The first-order valence-electron chi connectivity index (χ1n) is 19.8. The van der Waals surface area contributed by atoms with E-state index in [1.165, 1.54) is 0 Å². The van der Waals surface area contributed by atoms with E-state index in [9.17, 15) is 34.2 Å². The van der Waals surface area contributed by atoms with Crippen LogP contribution >= 0.6 is 19.8 Å². The fourth-order valence-electron chi connectivity index (χ4n) is 7.09. The summed E-state index contributed by atoms with van der Waals surface area (Å²) >= 11 is -1.98. The number of Topliss-reactive ketones (excluding diaryl/α,β-unsaturated/α-hetero) is 1. The number of alkyl halides is 2. The molecule has 1 fully saturated rings. The predicted molar refractivity (Wildman–Crippen MR) is 226 cm³/mol. The number of amides is 3. The van der Waals surface area contributed by atoms with Crippen molar-refractivity contribution in [1.82, 2.24) is 26.2 Å². The van der Waals surface area contributed by atoms with Gasteiger partial charge in [0, 0.05) is 19.6 Å². The Kier molecular flexibility index (Phi) is 17.9. The summed E-state index contributed by atoms with van der Waals surface area (Å²) in [6.45, 7) is 8.28. The average Bonchev–Trinajstić information content (AvgIpc) is 3.61. The van der Waals surface area contributed by atoms with Crippen LogP contribution in [0.1, 0.15) is 83.4 Å². The monoisotopic (exact) mass is 907 g/mol. The summed E-state index contributed by atoms with van der Waals surface area (Å²) in [4.78, 5) is 72.5. The van der Waals surface area contributed by atoms with Crippen molar-refractivity contribution < 1.29 is 43.7 Å². The molecular weight excluding hydrogens is 845 g/mol. The first kappa shape index (κ1) is 46.2. The number of unbranched alkanes of at least 4 members (excludes halogenated alkanes) is 1. The molecule has 15 heteroatoms. The van der Waals surface area contributed by atoms with Crippen LogP contribution in [0.15, 0.2) is 54.6 Å². The second kappa shape index (κ2) is 22.0. The number of carbonyl (C=O) groups is 5. The molecule has 0 saturated carbocycles. The zero-order valence-corrected chi connectivity index (χ0v) is 36.3. The summed E-state index contributed by atoms with van der Waals surface area (Å²) in [7, 11) is 0. The van der Waals surface area contributed by atoms with E-state index in [-0.39, 0.29) is 29.6 Å². The molecule has 5 unspecified atom stereocenters. The minimum atomic E-state index is -1.98. The van der Waals surface area contributed by atoms with Crippen molar-refractivity contribution in [1.29, 1.82) is 0 Å². The van der Waals surface area contributed by atoms with Crippen LogP contribution in [0.2, 0.25) is 0 Å². The molecule has 4 rings (SSSR count). The number of hydrogen-bond donors (Lipinski definition) is 6. The number of rotatable bonds is 13. The van der Waals surface area contributed by atoms with E-state index in [1.807, 2.05) is 67.9 Å². The van der Waals surface area contributed by atoms with E-state index < -0.39 is 98.0 Å². The number of aliphatic hydroxyl groups excluding tert-OH is 2. The van der Waals surface area contributed by atoms with Gasteiger partial charge in [-0.05, 0) is 36.3 Å². The second-order valence-electron chi connectivity index (χ2n) is 16.0. The van der Waals surface area contributed by atoms with Gasteiger partial charge in [-0.15, -0.1) is 0 Å². The molecule has 0 spiro atoms. The van der Waals surface area contributed by atoms with Gasteiger partial charge in [0.1, 0.15) is 18.2 Å². The molecule has 2 aliphatic rings. The minimum absolute atomic E-state index is 0.0482. The summed E-state index contributed by atoms with van der Waals surface area (Å²) in [5, 5.41) is 34.4. The van der Waals surface area contributed by atoms with Crippen molar-refractivity contribution in [2.24, 2.45) is 5.41 Å². The number of ether oxygens (including phenoxy) is 2. The van der Waals surface area contributed by atoms with Crippen LogP contribution in [0.25, 0.3) is 0 Å². The standard InChI is InChI=1S/C42H62IN5O9/c1-7-8-19-30(36(51)40(54)44-25-34(50)46-35(38(52)43(5)6)27-16-10-9-11-17-27)45-39(53)31-24-29-26-48(31)41(55)37(42(2,3)4)47-33(49)23-28-18-12-13-20-32(28)57-22-15-14-21-56-29/h9-13,16-18,20,29-31,33,35,37,41,47,49,55H,7-8,14-15,19,21-26H2,1-6H3,(H,44,54)(H,45,53)(H,46,50)/t29-,30?,31+,33?,35+,37?,41?/m1/s1. The number of halogens is 1. The van der Waals surface area contributed by atoms with Crippen LogP contribution in [0.5, 0.6) is 5.75 Å². The zero-order chi connectivity index (χ0) is 41.7. The summed E-state index contributed by atoms with van der Waals surface area (Å²) in [6, 6.07) is 12.7. The molecule has 1 saturated heterocycles. The molecule has 8 atom stereocenters. The van der Waals surface area contributed by atoms with Crippen molar-refractivity contribution in [3.63, 3.8) is 0 Å². The van der Waals surface area contributed by atoms with Crippen molar-refractivity contribution in [3.8, 4) is 5.75 Å². The Hall–Kier alpha value is -3.48. The molecule has 57 heavy (non-hydrogen) atoms. The number of fused-ring (bicyclic) bond motifs is 3. The topological polar surface area (TPSA) is 196 Å². The van der Waals surface area contributed by atoms with Gasteiger partial charge in [-0.3, -0.25) is 10.2 Å². The van der Waals surface area contributed by atoms with Gasteiger partial charge in [0.15, 0.2) is 0 Å². The number of nitrogens with zero attached hydrogens (tertiary/aromatic N) is 1. The Labute approximate surface area is 344 Å². The molecule has 2 aromatic carbocycles. The van der Waals surface area contributed by atoms with Crippen LogP contribution in [0.4, 0.5) is 0 Å². The zero-order valence-electron chi connectivity index (χ0n) is 34.1. The third-order valence-electron chi connectivity index (χ3n) is 10.2. The maximum absolute atomic E-state index is 14.2. The number of hydrogen-bond acceptors (Lipinski definition) is 11. The van der Waals surface area contributed by atoms with Crippen LogP contribution in [0.3, 0.4) is 0 Å². The van der Waals surface area contributed by atoms with E-state index in [0.29, 0.717) is 43.8 Å². The number of nitrogens with one attached hydrogen (secondary N) is 4. The summed E-state index contributed by atoms with van der Waals surface area (Å²) in [5.41, 5.74) is 0.862. The summed E-state index contributed by atoms with van der Waals surface area (Å²) in [6.07, 6.45) is 0.579. The van der Waals surface area contributed by atoms with Gasteiger partial charge in [-0.2, -0.15) is 0 Å². The maximum atomic E-state index is 14.2. The number of carbonyl (C=O) groups excluding carboxylic acids is 5. The van der Waals surface area contributed by atoms with Crippen LogP contribution in [0, 0.1) is 5.41 Å². The fraction of sp³-hybridized carbons (Fsp3) is 0.595. The van der Waals surface area contributed by atoms with E-state index in [2.05, 4.69) is 21.3 Å². The molecule has 2 aromatic rings. The first-order chi connectivity index (χ1) is 27.1. The molecule has 2 bridgehead atoms. The van der Waals surface area contributed by atoms with Crippen LogP contribution in [-0.4, -0.2) is 115 Å². The second-order valence-corrected chi connectivity index (χ2v) is 21.3. The number of benzene rings is 2. The molecule has 2 heterocycles. The van der Waals surface area contributed by atoms with Crippen molar-refractivity contribution in [2.45, 2.75) is 115 Å². The average molecular weight is 908 g/mol. The molecule has 3 amide bonds. The van der Waals surface area contributed by atoms with Gasteiger partial charge < -0.3 is 19.7 Å². The number of aliphatic hydroxyl groups is 2.